The summed E-state index contributed by atoms with van der Waals surface area (Å²) in [7, 11) is 1.81. The average Bonchev–Trinajstić information content (AvgIpc) is 2.66. The van der Waals surface area contributed by atoms with E-state index in [4.69, 9.17) is 4.74 Å². The number of benzene rings is 1. The lowest BCUT2D eigenvalue weighted by molar-refractivity contribution is 0.0173. The largest absolute Gasteiger partial charge is 0.388 e. The number of hydrogen-bond acceptors (Lipinski definition) is 2. The highest BCUT2D eigenvalue weighted by Crippen LogP contribution is 2.43. The smallest absolute Gasteiger partial charge is 0.0852 e. The van der Waals surface area contributed by atoms with Gasteiger partial charge in [0.25, 0.3) is 0 Å². The van der Waals surface area contributed by atoms with Crippen LogP contribution in [0.4, 0.5) is 0 Å². The molecule has 1 fully saturated rings. The fourth-order valence-electron chi connectivity index (χ4n) is 3.24. The Hall–Kier alpha value is -0.860. The summed E-state index contributed by atoms with van der Waals surface area (Å²) in [5.41, 5.74) is 3.80. The van der Waals surface area contributed by atoms with Gasteiger partial charge in [-0.1, -0.05) is 24.6 Å². The molecule has 0 heterocycles. The van der Waals surface area contributed by atoms with Gasteiger partial charge in [0.2, 0.25) is 0 Å². The molecule has 2 atom stereocenters. The van der Waals surface area contributed by atoms with Gasteiger partial charge < -0.3 is 9.84 Å². The molecule has 2 heteroatoms. The zero-order valence-electron chi connectivity index (χ0n) is 10.4. The molecule has 0 saturated heterocycles. The third-order valence-corrected chi connectivity index (χ3v) is 4.41. The highest BCUT2D eigenvalue weighted by Gasteiger charge is 2.32. The summed E-state index contributed by atoms with van der Waals surface area (Å²) in [6.07, 6.45) is 5.75. The number of ether oxygens (including phenoxy) is 1. The second kappa shape index (κ2) is 4.43. The summed E-state index contributed by atoms with van der Waals surface area (Å²) in [5.74, 6) is 0.684. The van der Waals surface area contributed by atoms with Gasteiger partial charge in [0.05, 0.1) is 12.2 Å². The van der Waals surface area contributed by atoms with Crippen LogP contribution in [0.25, 0.3) is 0 Å². The Morgan fingerprint density at radius 3 is 2.76 bits per heavy atom. The van der Waals surface area contributed by atoms with Crippen molar-refractivity contribution in [3.05, 3.63) is 34.9 Å². The van der Waals surface area contributed by atoms with Gasteiger partial charge in [-0.25, -0.2) is 0 Å². The Labute approximate surface area is 103 Å². The first-order valence-corrected chi connectivity index (χ1v) is 6.64. The van der Waals surface area contributed by atoms with Crippen LogP contribution < -0.4 is 0 Å². The Morgan fingerprint density at radius 2 is 2.12 bits per heavy atom. The van der Waals surface area contributed by atoms with Crippen LogP contribution in [0.3, 0.4) is 0 Å². The SMILES string of the molecule is COC(c1cccc2c1CCC2O)C1CCC1. The lowest BCUT2D eigenvalue weighted by atomic mass is 9.77. The number of aliphatic hydroxyl groups is 1. The van der Waals surface area contributed by atoms with Crippen molar-refractivity contribution in [2.75, 3.05) is 7.11 Å². The Balaban J connectivity index is 1.96. The van der Waals surface area contributed by atoms with Gasteiger partial charge in [-0.3, -0.25) is 0 Å². The van der Waals surface area contributed by atoms with Crippen LogP contribution in [0.5, 0.6) is 0 Å². The van der Waals surface area contributed by atoms with Gasteiger partial charge in [-0.2, -0.15) is 0 Å². The quantitative estimate of drug-likeness (QED) is 0.867. The highest BCUT2D eigenvalue weighted by molar-refractivity contribution is 5.41. The van der Waals surface area contributed by atoms with E-state index in [0.29, 0.717) is 5.92 Å². The fraction of sp³-hybridized carbons (Fsp3) is 0.600. The van der Waals surface area contributed by atoms with E-state index in [0.717, 1.165) is 18.4 Å². The van der Waals surface area contributed by atoms with Gasteiger partial charge in [0, 0.05) is 7.11 Å². The predicted octanol–water partition coefficient (Wildman–Crippen LogP) is 3.15. The van der Waals surface area contributed by atoms with Crippen LogP contribution in [0.2, 0.25) is 0 Å². The van der Waals surface area contributed by atoms with E-state index in [1.54, 1.807) is 0 Å². The van der Waals surface area contributed by atoms with Crippen LogP contribution >= 0.6 is 0 Å². The van der Waals surface area contributed by atoms with Crippen LogP contribution in [-0.4, -0.2) is 12.2 Å². The first kappa shape index (κ1) is 11.2. The van der Waals surface area contributed by atoms with Gasteiger partial charge in [-0.15, -0.1) is 0 Å². The summed E-state index contributed by atoms with van der Waals surface area (Å²) in [4.78, 5) is 0. The van der Waals surface area contributed by atoms with Crippen molar-refractivity contribution in [1.29, 1.82) is 0 Å². The van der Waals surface area contributed by atoms with Crippen molar-refractivity contribution in [1.82, 2.24) is 0 Å². The topological polar surface area (TPSA) is 29.5 Å². The van der Waals surface area contributed by atoms with E-state index in [1.165, 1.54) is 30.4 Å². The van der Waals surface area contributed by atoms with E-state index in [2.05, 4.69) is 18.2 Å². The molecule has 2 aliphatic carbocycles. The third kappa shape index (κ3) is 1.80. The van der Waals surface area contributed by atoms with E-state index in [9.17, 15) is 5.11 Å². The highest BCUT2D eigenvalue weighted by atomic mass is 16.5. The number of fused-ring (bicyclic) bond motifs is 1. The molecule has 0 aromatic heterocycles. The van der Waals surface area contributed by atoms with Gasteiger partial charge >= 0.3 is 0 Å². The number of methoxy groups -OCH3 is 1. The van der Waals surface area contributed by atoms with Crippen molar-refractivity contribution in [3.63, 3.8) is 0 Å². The van der Waals surface area contributed by atoms with Crippen LogP contribution in [-0.2, 0) is 11.2 Å². The van der Waals surface area contributed by atoms with Gasteiger partial charge in [-0.05, 0) is 48.3 Å². The first-order valence-electron chi connectivity index (χ1n) is 6.64. The maximum atomic E-state index is 9.93. The summed E-state index contributed by atoms with van der Waals surface area (Å²) in [6, 6.07) is 6.31. The minimum Gasteiger partial charge on any atom is -0.388 e. The summed E-state index contributed by atoms with van der Waals surface area (Å²) < 4.78 is 5.72. The molecule has 1 saturated carbocycles. The number of rotatable bonds is 3. The molecule has 17 heavy (non-hydrogen) atoms. The average molecular weight is 232 g/mol. The standard InChI is InChI=1S/C15H20O2/c1-17-15(10-4-2-5-10)13-7-3-6-12-11(13)8-9-14(12)16/h3,6-7,10,14-16H,2,4-5,8-9H2,1H3. The summed E-state index contributed by atoms with van der Waals surface area (Å²) in [6.45, 7) is 0. The molecule has 0 aliphatic heterocycles. The monoisotopic (exact) mass is 232 g/mol. The van der Waals surface area contributed by atoms with E-state index in [-0.39, 0.29) is 12.2 Å². The molecular weight excluding hydrogens is 212 g/mol. The number of hydrogen-bond donors (Lipinski definition) is 1. The molecule has 1 aromatic rings. The van der Waals surface area contributed by atoms with E-state index < -0.39 is 0 Å². The van der Waals surface area contributed by atoms with Crippen LogP contribution in [0.1, 0.15) is 54.6 Å². The Morgan fingerprint density at radius 1 is 1.29 bits per heavy atom. The molecule has 0 amide bonds. The minimum absolute atomic E-state index is 0.240. The van der Waals surface area contributed by atoms with Crippen LogP contribution in [0, 0.1) is 5.92 Å². The van der Waals surface area contributed by atoms with E-state index >= 15 is 0 Å². The molecular formula is C15H20O2. The molecule has 0 radical (unpaired) electrons. The zero-order chi connectivity index (χ0) is 11.8. The molecule has 2 unspecified atom stereocenters. The summed E-state index contributed by atoms with van der Waals surface area (Å²) in [5, 5.41) is 9.93. The van der Waals surface area contributed by atoms with Gasteiger partial charge in [0.1, 0.15) is 0 Å². The molecule has 2 aliphatic rings. The molecule has 92 valence electrons. The predicted molar refractivity (Wildman–Crippen MR) is 66.8 cm³/mol. The van der Waals surface area contributed by atoms with Crippen molar-refractivity contribution >= 4 is 0 Å². The Bertz CT molecular complexity index is 409. The second-order valence-corrected chi connectivity index (χ2v) is 5.32. The fourth-order valence-corrected chi connectivity index (χ4v) is 3.24. The lowest BCUT2D eigenvalue weighted by Gasteiger charge is -2.34. The molecule has 2 nitrogen and oxygen atoms in total. The molecule has 1 aromatic carbocycles. The normalized spacial score (nSPS) is 25.4. The molecule has 1 N–H and O–H groups in total. The zero-order valence-corrected chi connectivity index (χ0v) is 10.4. The minimum atomic E-state index is -0.260. The van der Waals surface area contributed by atoms with Gasteiger partial charge in [0.15, 0.2) is 0 Å². The van der Waals surface area contributed by atoms with Crippen molar-refractivity contribution in [2.24, 2.45) is 5.92 Å². The molecule has 3 rings (SSSR count). The lowest BCUT2D eigenvalue weighted by Crippen LogP contribution is -2.22. The maximum absolute atomic E-state index is 9.93. The summed E-state index contributed by atoms with van der Waals surface area (Å²) >= 11 is 0. The third-order valence-electron chi connectivity index (χ3n) is 4.41. The van der Waals surface area contributed by atoms with Crippen molar-refractivity contribution in [3.8, 4) is 0 Å². The Kier molecular flexibility index (Phi) is 2.93. The van der Waals surface area contributed by atoms with Crippen LogP contribution in [0.15, 0.2) is 18.2 Å². The number of aliphatic hydroxyl groups excluding tert-OH is 1. The maximum Gasteiger partial charge on any atom is 0.0852 e. The second-order valence-electron chi connectivity index (χ2n) is 5.32. The van der Waals surface area contributed by atoms with E-state index in [1.807, 2.05) is 7.11 Å². The van der Waals surface area contributed by atoms with Crippen molar-refractivity contribution < 1.29 is 9.84 Å². The first-order chi connectivity index (χ1) is 8.31. The molecule has 0 spiro atoms. The van der Waals surface area contributed by atoms with Crippen molar-refractivity contribution in [2.45, 2.75) is 44.3 Å². The molecule has 0 bridgehead atoms.